The number of nitrogens with zero attached hydrogens (tertiary/aromatic N) is 7. The Morgan fingerprint density at radius 3 is 2.38 bits per heavy atom. The van der Waals surface area contributed by atoms with Crippen molar-refractivity contribution in [1.29, 1.82) is 0 Å². The normalized spacial score (nSPS) is 11.6. The standard InChI is InChI=1S/C23H23N7S2/c1-29(2)14-24-21-18-12-17(10-11-19(18)26-22(28-21)25-15-30(3)4)32-23-27-20(13-31-23)16-8-6-5-7-9-16/h5-15H,1-4H3/b24-14?,25-15+. The van der Waals surface area contributed by atoms with E-state index < -0.39 is 0 Å². The number of rotatable bonds is 7. The number of fused-ring (bicyclic) bond motifs is 1. The first-order valence-electron chi connectivity index (χ1n) is 9.90. The summed E-state index contributed by atoms with van der Waals surface area (Å²) >= 11 is 3.26. The molecule has 0 aliphatic rings. The molecule has 2 aromatic carbocycles. The van der Waals surface area contributed by atoms with E-state index in [4.69, 9.17) is 4.98 Å². The van der Waals surface area contributed by atoms with Crippen LogP contribution in [0.5, 0.6) is 0 Å². The molecule has 2 heterocycles. The lowest BCUT2D eigenvalue weighted by molar-refractivity contribution is 0.642. The van der Waals surface area contributed by atoms with Crippen LogP contribution in [0.2, 0.25) is 0 Å². The van der Waals surface area contributed by atoms with Crippen LogP contribution in [0, 0.1) is 0 Å². The van der Waals surface area contributed by atoms with Gasteiger partial charge in [-0.15, -0.1) is 11.3 Å². The van der Waals surface area contributed by atoms with Crippen LogP contribution in [-0.4, -0.2) is 65.6 Å². The molecule has 0 spiro atoms. The minimum absolute atomic E-state index is 0.380. The number of aromatic nitrogens is 3. The number of thiazole rings is 1. The maximum atomic E-state index is 4.78. The summed E-state index contributed by atoms with van der Waals surface area (Å²) in [7, 11) is 7.65. The Balaban J connectivity index is 1.67. The van der Waals surface area contributed by atoms with Crippen LogP contribution in [-0.2, 0) is 0 Å². The van der Waals surface area contributed by atoms with E-state index in [0.717, 1.165) is 31.4 Å². The zero-order chi connectivity index (χ0) is 22.5. The van der Waals surface area contributed by atoms with Crippen molar-refractivity contribution in [3.8, 4) is 11.3 Å². The summed E-state index contributed by atoms with van der Waals surface area (Å²) in [6, 6.07) is 16.3. The van der Waals surface area contributed by atoms with E-state index in [1.165, 1.54) is 0 Å². The summed E-state index contributed by atoms with van der Waals surface area (Å²) < 4.78 is 0.981. The zero-order valence-electron chi connectivity index (χ0n) is 18.3. The molecular weight excluding hydrogens is 438 g/mol. The number of aliphatic imine (C=N–C) groups is 2. The zero-order valence-corrected chi connectivity index (χ0v) is 19.9. The molecule has 0 saturated carbocycles. The molecule has 0 N–H and O–H groups in total. The predicted molar refractivity (Wildman–Crippen MR) is 135 cm³/mol. The average Bonchev–Trinajstić information content (AvgIpc) is 3.25. The van der Waals surface area contributed by atoms with Gasteiger partial charge >= 0.3 is 0 Å². The van der Waals surface area contributed by atoms with E-state index in [2.05, 4.69) is 43.5 Å². The van der Waals surface area contributed by atoms with Gasteiger partial charge in [-0.3, -0.25) is 0 Å². The highest BCUT2D eigenvalue weighted by Gasteiger charge is 2.11. The van der Waals surface area contributed by atoms with E-state index in [1.54, 1.807) is 35.8 Å². The molecule has 32 heavy (non-hydrogen) atoms. The van der Waals surface area contributed by atoms with Crippen molar-refractivity contribution < 1.29 is 0 Å². The third-order valence-corrected chi connectivity index (χ3v) is 6.14. The van der Waals surface area contributed by atoms with Gasteiger partial charge in [0.15, 0.2) is 10.2 Å². The predicted octanol–water partition coefficient (Wildman–Crippen LogP) is 5.35. The molecule has 0 atom stereocenters. The Morgan fingerprint density at radius 1 is 0.875 bits per heavy atom. The van der Waals surface area contributed by atoms with Crippen LogP contribution in [0.25, 0.3) is 22.2 Å². The van der Waals surface area contributed by atoms with Gasteiger partial charge in [0.25, 0.3) is 5.95 Å². The van der Waals surface area contributed by atoms with Gasteiger partial charge in [0.2, 0.25) is 0 Å². The molecule has 4 rings (SSSR count). The van der Waals surface area contributed by atoms with Gasteiger partial charge in [-0.05, 0) is 18.2 Å². The van der Waals surface area contributed by atoms with Gasteiger partial charge in [0.05, 0.1) is 23.9 Å². The summed E-state index contributed by atoms with van der Waals surface area (Å²) in [5.74, 6) is 0.964. The molecule has 0 unspecified atom stereocenters. The monoisotopic (exact) mass is 461 g/mol. The van der Waals surface area contributed by atoms with Crippen molar-refractivity contribution in [3.63, 3.8) is 0 Å². The number of hydrogen-bond acceptors (Lipinski definition) is 7. The molecular formula is C23H23N7S2. The summed E-state index contributed by atoms with van der Waals surface area (Å²) in [6.07, 6.45) is 3.41. The van der Waals surface area contributed by atoms with Crippen molar-refractivity contribution in [1.82, 2.24) is 24.8 Å². The highest BCUT2D eigenvalue weighted by molar-refractivity contribution is 8.01. The van der Waals surface area contributed by atoms with E-state index in [9.17, 15) is 0 Å². The van der Waals surface area contributed by atoms with Crippen LogP contribution in [0.15, 0.2) is 73.1 Å². The summed E-state index contributed by atoms with van der Waals surface area (Å²) in [4.78, 5) is 27.6. The second-order valence-electron chi connectivity index (χ2n) is 7.41. The lowest BCUT2D eigenvalue weighted by atomic mass is 10.2. The van der Waals surface area contributed by atoms with Gasteiger partial charge in [-0.1, -0.05) is 42.1 Å². The summed E-state index contributed by atoms with van der Waals surface area (Å²) in [5, 5.41) is 2.96. The highest BCUT2D eigenvalue weighted by Crippen LogP contribution is 2.36. The molecule has 0 fully saturated rings. The Morgan fingerprint density at radius 2 is 1.62 bits per heavy atom. The maximum Gasteiger partial charge on any atom is 0.253 e. The first kappa shape index (κ1) is 21.9. The third kappa shape index (κ3) is 5.49. The highest BCUT2D eigenvalue weighted by atomic mass is 32.2. The minimum atomic E-state index is 0.380. The fraction of sp³-hybridized carbons (Fsp3) is 0.174. The second kappa shape index (κ2) is 9.88. The van der Waals surface area contributed by atoms with E-state index >= 15 is 0 Å². The summed E-state index contributed by atoms with van der Waals surface area (Å²) in [5.41, 5.74) is 2.90. The van der Waals surface area contributed by atoms with E-state index in [1.807, 2.05) is 68.3 Å². The van der Waals surface area contributed by atoms with Gasteiger partial charge in [-0.25, -0.2) is 20.0 Å². The van der Waals surface area contributed by atoms with Crippen molar-refractivity contribution in [2.24, 2.45) is 9.98 Å². The van der Waals surface area contributed by atoms with Crippen LogP contribution < -0.4 is 0 Å². The maximum absolute atomic E-state index is 4.78. The molecule has 7 nitrogen and oxygen atoms in total. The average molecular weight is 462 g/mol. The first-order valence-corrected chi connectivity index (χ1v) is 11.6. The van der Waals surface area contributed by atoms with Crippen LogP contribution in [0.1, 0.15) is 0 Å². The van der Waals surface area contributed by atoms with Crippen LogP contribution >= 0.6 is 23.1 Å². The third-order valence-electron chi connectivity index (χ3n) is 4.21. The van der Waals surface area contributed by atoms with E-state index in [0.29, 0.717) is 11.8 Å². The fourth-order valence-corrected chi connectivity index (χ4v) is 4.62. The van der Waals surface area contributed by atoms with Gasteiger partial charge in [0, 0.05) is 49.4 Å². The smallest absolute Gasteiger partial charge is 0.253 e. The molecule has 4 aromatic rings. The second-order valence-corrected chi connectivity index (χ2v) is 9.59. The van der Waals surface area contributed by atoms with Crippen molar-refractivity contribution >= 4 is 58.4 Å². The van der Waals surface area contributed by atoms with Crippen molar-refractivity contribution in [3.05, 3.63) is 53.9 Å². The van der Waals surface area contributed by atoms with Gasteiger partial charge in [0.1, 0.15) is 0 Å². The molecule has 0 amide bonds. The molecule has 0 aliphatic carbocycles. The lowest BCUT2D eigenvalue weighted by Crippen LogP contribution is -2.08. The summed E-state index contributed by atoms with van der Waals surface area (Å²) in [6.45, 7) is 0. The largest absolute Gasteiger partial charge is 0.369 e. The molecule has 0 saturated heterocycles. The molecule has 0 aliphatic heterocycles. The van der Waals surface area contributed by atoms with Gasteiger partial charge < -0.3 is 9.80 Å². The Kier molecular flexibility index (Phi) is 6.77. The van der Waals surface area contributed by atoms with E-state index in [-0.39, 0.29) is 0 Å². The Hall–Kier alpha value is -3.30. The minimum Gasteiger partial charge on any atom is -0.369 e. The molecule has 9 heteroatoms. The Bertz CT molecular complexity index is 1260. The van der Waals surface area contributed by atoms with Crippen molar-refractivity contribution in [2.45, 2.75) is 9.24 Å². The van der Waals surface area contributed by atoms with Gasteiger partial charge in [-0.2, -0.15) is 4.98 Å². The SMILES string of the molecule is CN(C)C=Nc1nc(/N=C/N(C)C)nc2ccc(Sc3nc(-c4ccccc4)cs3)cc12. The molecule has 162 valence electrons. The number of benzene rings is 2. The topological polar surface area (TPSA) is 69.9 Å². The molecule has 2 aromatic heterocycles. The molecule has 0 bridgehead atoms. The van der Waals surface area contributed by atoms with Crippen LogP contribution in [0.4, 0.5) is 11.8 Å². The lowest BCUT2D eigenvalue weighted by Gasteiger charge is -2.07. The number of hydrogen-bond donors (Lipinski definition) is 0. The van der Waals surface area contributed by atoms with Crippen molar-refractivity contribution in [2.75, 3.05) is 28.2 Å². The fourth-order valence-electron chi connectivity index (χ4n) is 2.78. The first-order chi connectivity index (χ1) is 15.5. The Labute approximate surface area is 195 Å². The molecule has 0 radical (unpaired) electrons. The van der Waals surface area contributed by atoms with Crippen LogP contribution in [0.3, 0.4) is 0 Å². The quantitative estimate of drug-likeness (QED) is 0.273.